The highest BCUT2D eigenvalue weighted by atomic mass is 16.5. The van der Waals surface area contributed by atoms with E-state index in [9.17, 15) is 14.7 Å². The van der Waals surface area contributed by atoms with Gasteiger partial charge in [-0.1, -0.05) is 56.3 Å². The smallest absolute Gasteiger partial charge is 0.413 e. The van der Waals surface area contributed by atoms with Crippen LogP contribution in [0.1, 0.15) is 50.2 Å². The number of anilines is 2. The number of aliphatic hydroxyl groups excluding tert-OH is 1. The van der Waals surface area contributed by atoms with Crippen LogP contribution in [0.3, 0.4) is 0 Å². The summed E-state index contributed by atoms with van der Waals surface area (Å²) < 4.78 is 15.6. The number of methoxy groups -OCH3 is 2. The van der Waals surface area contributed by atoms with Crippen molar-refractivity contribution in [3.8, 4) is 5.75 Å². The van der Waals surface area contributed by atoms with E-state index < -0.39 is 6.10 Å². The Morgan fingerprint density at radius 2 is 1.26 bits per heavy atom. The summed E-state index contributed by atoms with van der Waals surface area (Å²) in [7, 11) is 2.78. The zero-order valence-corrected chi connectivity index (χ0v) is 25.7. The molecular weight excluding hydrogens is 546 g/mol. The Kier molecular flexibility index (Phi) is 13.8. The highest BCUT2D eigenvalue weighted by Crippen LogP contribution is 2.31. The van der Waals surface area contributed by atoms with Gasteiger partial charge in [-0.25, -0.2) is 9.59 Å². The number of nitrogens with one attached hydrogen (secondary N) is 1. The number of aliphatic hydroxyl groups is 1. The van der Waals surface area contributed by atoms with Gasteiger partial charge in [0, 0.05) is 36.9 Å². The molecule has 2 amide bonds. The SMILES string of the molecule is CCCN(C(=O)OC)c1ccc(C(CCNC[C@H](O)COc2ccccc2)c2ccc(N(CCC)C(=O)OC)cc2)cc1. The molecule has 0 radical (unpaired) electrons. The topological polar surface area (TPSA) is 101 Å². The molecule has 0 aliphatic carbocycles. The molecular formula is C34H45N3O6. The van der Waals surface area contributed by atoms with Gasteiger partial charge < -0.3 is 24.6 Å². The van der Waals surface area contributed by atoms with Gasteiger partial charge in [-0.3, -0.25) is 9.80 Å². The molecule has 0 bridgehead atoms. The van der Waals surface area contributed by atoms with Gasteiger partial charge in [0.15, 0.2) is 0 Å². The Bertz CT molecular complexity index is 1170. The third-order valence-electron chi connectivity index (χ3n) is 7.07. The van der Waals surface area contributed by atoms with Gasteiger partial charge in [-0.05, 0) is 73.3 Å². The molecule has 0 fully saturated rings. The molecule has 43 heavy (non-hydrogen) atoms. The fraction of sp³-hybridized carbons (Fsp3) is 0.412. The number of amides is 2. The number of hydrogen-bond acceptors (Lipinski definition) is 7. The van der Waals surface area contributed by atoms with Crippen LogP contribution in [-0.2, 0) is 9.47 Å². The first-order valence-electron chi connectivity index (χ1n) is 14.9. The van der Waals surface area contributed by atoms with Crippen LogP contribution in [0.15, 0.2) is 78.9 Å². The van der Waals surface area contributed by atoms with Crippen LogP contribution < -0.4 is 19.9 Å². The number of ether oxygens (including phenoxy) is 3. The number of para-hydroxylation sites is 1. The fourth-order valence-electron chi connectivity index (χ4n) is 4.90. The third-order valence-corrected chi connectivity index (χ3v) is 7.07. The van der Waals surface area contributed by atoms with E-state index in [1.54, 1.807) is 9.80 Å². The van der Waals surface area contributed by atoms with Gasteiger partial charge in [0.25, 0.3) is 0 Å². The molecule has 3 rings (SSSR count). The van der Waals surface area contributed by atoms with Crippen LogP contribution in [-0.4, -0.2) is 70.4 Å². The van der Waals surface area contributed by atoms with E-state index in [0.717, 1.165) is 47.5 Å². The fourth-order valence-corrected chi connectivity index (χ4v) is 4.90. The van der Waals surface area contributed by atoms with Crippen LogP contribution in [0.25, 0.3) is 0 Å². The van der Waals surface area contributed by atoms with E-state index in [0.29, 0.717) is 26.2 Å². The first-order chi connectivity index (χ1) is 20.9. The van der Waals surface area contributed by atoms with E-state index >= 15 is 0 Å². The maximum atomic E-state index is 12.3. The van der Waals surface area contributed by atoms with Crippen molar-refractivity contribution in [3.05, 3.63) is 90.0 Å². The standard InChI is InChI=1S/C34H45N3O6/c1-5-22-36(33(39)41-3)28-16-12-26(13-17-28)32(20-21-35-24-30(38)25-43-31-10-8-7-9-11-31)27-14-18-29(19-15-27)37(23-6-2)34(40)42-4/h7-19,30,32,35,38H,5-6,20-25H2,1-4H3/t30-/m0/s1. The molecule has 0 aliphatic heterocycles. The van der Waals surface area contributed by atoms with Gasteiger partial charge in [0.05, 0.1) is 14.2 Å². The lowest BCUT2D eigenvalue weighted by molar-refractivity contribution is 0.106. The van der Waals surface area contributed by atoms with Gasteiger partial charge >= 0.3 is 12.2 Å². The normalized spacial score (nSPS) is 11.6. The molecule has 0 saturated carbocycles. The maximum Gasteiger partial charge on any atom is 0.413 e. The minimum absolute atomic E-state index is 0.0313. The number of rotatable bonds is 16. The Morgan fingerprint density at radius 1 is 0.767 bits per heavy atom. The molecule has 0 unspecified atom stereocenters. The molecule has 232 valence electrons. The van der Waals surface area contributed by atoms with E-state index in [4.69, 9.17) is 14.2 Å². The lowest BCUT2D eigenvalue weighted by Gasteiger charge is -2.24. The summed E-state index contributed by atoms with van der Waals surface area (Å²) in [5.74, 6) is 0.756. The zero-order chi connectivity index (χ0) is 31.0. The molecule has 3 aromatic carbocycles. The number of benzene rings is 3. The minimum Gasteiger partial charge on any atom is -0.491 e. The highest BCUT2D eigenvalue weighted by molar-refractivity contribution is 5.88. The average Bonchev–Trinajstić information content (AvgIpc) is 3.05. The zero-order valence-electron chi connectivity index (χ0n) is 25.7. The molecule has 0 aromatic heterocycles. The van der Waals surface area contributed by atoms with Crippen molar-refractivity contribution >= 4 is 23.6 Å². The molecule has 1 atom stereocenters. The monoisotopic (exact) mass is 591 g/mol. The van der Waals surface area contributed by atoms with Gasteiger partial charge in [0.1, 0.15) is 18.5 Å². The van der Waals surface area contributed by atoms with Crippen LogP contribution >= 0.6 is 0 Å². The summed E-state index contributed by atoms with van der Waals surface area (Å²) in [5, 5.41) is 13.8. The molecule has 3 aromatic rings. The van der Waals surface area contributed by atoms with Crippen LogP contribution in [0, 0.1) is 0 Å². The summed E-state index contributed by atoms with van der Waals surface area (Å²) in [6.45, 7) is 6.41. The number of carbonyl (C=O) groups is 2. The van der Waals surface area contributed by atoms with E-state index in [2.05, 4.69) is 5.32 Å². The van der Waals surface area contributed by atoms with Gasteiger partial charge in [-0.15, -0.1) is 0 Å². The van der Waals surface area contributed by atoms with Crippen molar-refractivity contribution in [2.24, 2.45) is 0 Å². The Hall–Kier alpha value is -4.08. The van der Waals surface area contributed by atoms with Crippen LogP contribution in [0.5, 0.6) is 5.75 Å². The van der Waals surface area contributed by atoms with E-state index in [-0.39, 0.29) is 24.7 Å². The Labute approximate surface area is 255 Å². The second kappa shape index (κ2) is 17.8. The first-order valence-corrected chi connectivity index (χ1v) is 14.9. The van der Waals surface area contributed by atoms with Gasteiger partial charge in [0.2, 0.25) is 0 Å². The molecule has 0 heterocycles. The molecule has 2 N–H and O–H groups in total. The first kappa shape index (κ1) is 33.4. The highest BCUT2D eigenvalue weighted by Gasteiger charge is 2.20. The summed E-state index contributed by atoms with van der Waals surface area (Å²) in [6.07, 6.45) is 0.950. The quantitative estimate of drug-likeness (QED) is 0.191. The minimum atomic E-state index is -0.650. The predicted octanol–water partition coefficient (Wildman–Crippen LogP) is 6.20. The Balaban J connectivity index is 1.75. The Morgan fingerprint density at radius 3 is 1.70 bits per heavy atom. The molecule has 9 heteroatoms. The lowest BCUT2D eigenvalue weighted by atomic mass is 9.88. The molecule has 9 nitrogen and oxygen atoms in total. The number of hydrogen-bond donors (Lipinski definition) is 2. The maximum absolute atomic E-state index is 12.3. The van der Waals surface area contributed by atoms with Crippen LogP contribution in [0.4, 0.5) is 21.0 Å². The predicted molar refractivity (Wildman–Crippen MR) is 170 cm³/mol. The molecule has 0 aliphatic rings. The summed E-state index contributed by atoms with van der Waals surface area (Å²) >= 11 is 0. The number of carbonyl (C=O) groups excluding carboxylic acids is 2. The second-order valence-electron chi connectivity index (χ2n) is 10.2. The summed E-state index contributed by atoms with van der Waals surface area (Å²) in [4.78, 5) is 27.9. The molecule has 0 spiro atoms. The van der Waals surface area contributed by atoms with Crippen molar-refractivity contribution in [3.63, 3.8) is 0 Å². The average molecular weight is 592 g/mol. The summed E-state index contributed by atoms with van der Waals surface area (Å²) in [5.41, 5.74) is 3.73. The van der Waals surface area contributed by atoms with Crippen molar-refractivity contribution in [1.82, 2.24) is 5.32 Å². The number of nitrogens with zero attached hydrogens (tertiary/aromatic N) is 2. The van der Waals surface area contributed by atoms with Crippen molar-refractivity contribution < 1.29 is 28.9 Å². The van der Waals surface area contributed by atoms with E-state index in [1.165, 1.54) is 14.2 Å². The third kappa shape index (κ3) is 10.0. The van der Waals surface area contributed by atoms with Crippen molar-refractivity contribution in [2.75, 3.05) is 56.8 Å². The van der Waals surface area contributed by atoms with E-state index in [1.807, 2.05) is 92.7 Å². The largest absolute Gasteiger partial charge is 0.491 e. The molecule has 0 saturated heterocycles. The van der Waals surface area contributed by atoms with Crippen molar-refractivity contribution in [2.45, 2.75) is 45.1 Å². The lowest BCUT2D eigenvalue weighted by Crippen LogP contribution is -2.32. The summed E-state index contributed by atoms with van der Waals surface area (Å²) in [6, 6.07) is 25.4. The van der Waals surface area contributed by atoms with Gasteiger partial charge in [-0.2, -0.15) is 0 Å². The second-order valence-corrected chi connectivity index (χ2v) is 10.2. The van der Waals surface area contributed by atoms with Crippen molar-refractivity contribution in [1.29, 1.82) is 0 Å². The van der Waals surface area contributed by atoms with Crippen LogP contribution in [0.2, 0.25) is 0 Å².